The first kappa shape index (κ1) is 73.4. The Labute approximate surface area is 553 Å². The molecule has 4 aromatic rings. The second-order valence-electron chi connectivity index (χ2n) is 26.1. The number of benzene rings is 2. The number of aryl methyl sites for hydroxylation is 2. The summed E-state index contributed by atoms with van der Waals surface area (Å²) in [5.74, 6) is -5.74. The van der Waals surface area contributed by atoms with Crippen LogP contribution in [0.1, 0.15) is 217 Å². The van der Waals surface area contributed by atoms with Crippen LogP contribution in [0.4, 0.5) is 0 Å². The lowest BCUT2D eigenvalue weighted by Gasteiger charge is -2.39. The van der Waals surface area contributed by atoms with E-state index in [4.69, 9.17) is 0 Å². The summed E-state index contributed by atoms with van der Waals surface area (Å²) in [4.78, 5) is 167. The van der Waals surface area contributed by atoms with E-state index in [2.05, 4.69) is 31.9 Å². The van der Waals surface area contributed by atoms with Gasteiger partial charge >= 0.3 is 0 Å². The third-order valence-electron chi connectivity index (χ3n) is 19.3. The molecule has 0 radical (unpaired) electrons. The maximum atomic E-state index is 14.3. The Morgan fingerprint density at radius 1 is 0.457 bits per heavy atom. The molecule has 22 nitrogen and oxygen atoms in total. The smallest absolute Gasteiger partial charge is 0.251 e. The Kier molecular flexibility index (Phi) is 27.7. The van der Waals surface area contributed by atoms with Gasteiger partial charge < -0.3 is 50.8 Å². The lowest BCUT2D eigenvalue weighted by atomic mass is 9.93. The van der Waals surface area contributed by atoms with E-state index < -0.39 is 95.3 Å². The molecule has 8 amide bonds. The highest BCUT2D eigenvalue weighted by atomic mass is 16.2. The van der Waals surface area contributed by atoms with Crippen molar-refractivity contribution in [2.45, 2.75) is 258 Å². The van der Waals surface area contributed by atoms with Gasteiger partial charge in [-0.25, -0.2) is 0 Å². The van der Waals surface area contributed by atoms with Crippen LogP contribution in [0.5, 0.6) is 0 Å². The molecule has 10 atom stereocenters. The number of aromatic nitrogens is 2. The number of hydrogen-bond acceptors (Lipinski definition) is 12. The fraction of sp³-hybridized carbons (Fsp3) is 0.611. The van der Waals surface area contributed by atoms with Crippen molar-refractivity contribution in [3.8, 4) is 0 Å². The molecule has 0 aliphatic carbocycles. The number of ketones is 4. The SMILES string of the molecule is CCCn1cc(C(=O)[C@@H]2NC(=O)[C@H](CCCCCC(=O)CC)NC(=O)[C@H]3CCCCN3C(=O)[C@H](C(C)CC)NC2=O)c2ccccc21.CCCn1cc(C(=O)[C@H]2NC(=O)[C@H](CCCCCC(=O)CC)NC(=O)[C@H]3CCCCN3C(=O)[C@H](C(C)CC)NC2=O)c2ccccc21. The molecular weight excluding hydrogens is 1200 g/mol. The number of piperidine rings is 2. The van der Waals surface area contributed by atoms with Gasteiger partial charge in [0.2, 0.25) is 35.4 Å². The average molecular weight is 1300 g/mol. The molecule has 4 fully saturated rings. The van der Waals surface area contributed by atoms with Crippen LogP contribution in [-0.2, 0) is 61.0 Å². The number of nitrogens with zero attached hydrogens (tertiary/aromatic N) is 4. The van der Waals surface area contributed by atoms with Gasteiger partial charge in [0.05, 0.1) is 0 Å². The van der Waals surface area contributed by atoms with Gasteiger partial charge in [-0.1, -0.05) is 130 Å². The highest BCUT2D eigenvalue weighted by Crippen LogP contribution is 2.29. The Balaban J connectivity index is 0.000000266. The summed E-state index contributed by atoms with van der Waals surface area (Å²) in [6, 6.07) is 6.07. The monoisotopic (exact) mass is 1300 g/mol. The molecular formula is C72H102N10O12. The number of rotatable bonds is 26. The van der Waals surface area contributed by atoms with Gasteiger partial charge in [0.25, 0.3) is 11.8 Å². The van der Waals surface area contributed by atoms with Crippen LogP contribution in [0.25, 0.3) is 21.8 Å². The van der Waals surface area contributed by atoms with Crippen molar-refractivity contribution in [3.63, 3.8) is 0 Å². The molecule has 4 aliphatic heterocycles. The van der Waals surface area contributed by atoms with Crippen molar-refractivity contribution < 1.29 is 57.5 Å². The third-order valence-corrected chi connectivity index (χ3v) is 19.3. The maximum absolute atomic E-state index is 14.3. The number of nitrogens with one attached hydrogen (secondary N) is 6. The van der Waals surface area contributed by atoms with Crippen LogP contribution in [0.2, 0.25) is 0 Å². The molecule has 6 N–H and O–H groups in total. The van der Waals surface area contributed by atoms with Crippen LogP contribution in [0.15, 0.2) is 60.9 Å². The number of carbonyl (C=O) groups excluding carboxylic acids is 12. The topological polar surface area (TPSA) is 293 Å². The molecule has 512 valence electrons. The Bertz CT molecular complexity index is 3150. The number of hydrogen-bond donors (Lipinski definition) is 6. The molecule has 6 heterocycles. The minimum Gasteiger partial charge on any atom is -0.347 e. The minimum atomic E-state index is -1.62. The lowest BCUT2D eigenvalue weighted by Crippen LogP contribution is -2.65. The third kappa shape index (κ3) is 18.2. The van der Waals surface area contributed by atoms with Crippen molar-refractivity contribution in [3.05, 3.63) is 72.1 Å². The predicted octanol–water partition coefficient (Wildman–Crippen LogP) is 8.12. The Morgan fingerprint density at radius 2 is 0.840 bits per heavy atom. The molecule has 22 heteroatoms. The molecule has 2 aromatic carbocycles. The number of Topliss-reactive ketones (excluding diaryl/α,β-unsaturated/α-hetero) is 4. The molecule has 0 saturated carbocycles. The van der Waals surface area contributed by atoms with Crippen molar-refractivity contribution in [1.29, 1.82) is 0 Å². The fourth-order valence-electron chi connectivity index (χ4n) is 13.3. The van der Waals surface area contributed by atoms with E-state index in [1.165, 1.54) is 9.80 Å². The highest BCUT2D eigenvalue weighted by Gasteiger charge is 2.45. The van der Waals surface area contributed by atoms with Gasteiger partial charge in [-0.3, -0.25) is 57.5 Å². The van der Waals surface area contributed by atoms with Crippen molar-refractivity contribution >= 4 is 92.2 Å². The quantitative estimate of drug-likeness (QED) is 0.0197. The molecule has 4 saturated heterocycles. The van der Waals surface area contributed by atoms with Crippen LogP contribution >= 0.6 is 0 Å². The molecule has 4 aliphatic rings. The molecule has 0 spiro atoms. The largest absolute Gasteiger partial charge is 0.347 e. The Morgan fingerprint density at radius 3 is 1.20 bits per heavy atom. The van der Waals surface area contributed by atoms with E-state index in [1.54, 1.807) is 12.4 Å². The van der Waals surface area contributed by atoms with Gasteiger partial charge in [0, 0.05) is 97.2 Å². The van der Waals surface area contributed by atoms with Gasteiger partial charge in [0.1, 0.15) is 47.8 Å². The zero-order valence-electron chi connectivity index (χ0n) is 56.6. The van der Waals surface area contributed by atoms with Gasteiger partial charge in [0.15, 0.2) is 23.7 Å². The average Bonchev–Trinajstić information content (AvgIpc) is 1.53. The zero-order valence-corrected chi connectivity index (χ0v) is 56.6. The lowest BCUT2D eigenvalue weighted by molar-refractivity contribution is -0.147. The molecule has 8 rings (SSSR count). The minimum absolute atomic E-state index is 0.174. The summed E-state index contributed by atoms with van der Waals surface area (Å²) in [6.07, 6.45) is 16.3. The number of fused-ring (bicyclic) bond motifs is 4. The van der Waals surface area contributed by atoms with E-state index in [-0.39, 0.29) is 48.1 Å². The summed E-state index contributed by atoms with van der Waals surface area (Å²) >= 11 is 0. The number of unbranched alkanes of at least 4 members (excludes halogenated alkanes) is 4. The predicted molar refractivity (Wildman–Crippen MR) is 359 cm³/mol. The van der Waals surface area contributed by atoms with Crippen molar-refractivity contribution in [2.75, 3.05) is 13.1 Å². The van der Waals surface area contributed by atoms with E-state index in [1.807, 2.05) is 113 Å². The van der Waals surface area contributed by atoms with Crippen LogP contribution in [0.3, 0.4) is 0 Å². The van der Waals surface area contributed by atoms with Crippen molar-refractivity contribution in [1.82, 2.24) is 50.8 Å². The zero-order chi connectivity index (χ0) is 68.2. The molecule has 94 heavy (non-hydrogen) atoms. The van der Waals surface area contributed by atoms with Crippen LogP contribution < -0.4 is 31.9 Å². The molecule has 2 aromatic heterocycles. The second-order valence-corrected chi connectivity index (χ2v) is 26.1. The number of carbonyl (C=O) groups is 12. The van der Waals surface area contributed by atoms with E-state index in [9.17, 15) is 57.5 Å². The maximum Gasteiger partial charge on any atom is 0.251 e. The first-order valence-electron chi connectivity index (χ1n) is 34.9. The van der Waals surface area contributed by atoms with Crippen LogP contribution in [-0.4, -0.2) is 151 Å². The first-order chi connectivity index (χ1) is 45.2. The highest BCUT2D eigenvalue weighted by molar-refractivity contribution is 6.22. The molecule has 2 unspecified atom stereocenters. The summed E-state index contributed by atoms with van der Waals surface area (Å²) < 4.78 is 3.93. The normalized spacial score (nSPS) is 23.2. The first-order valence-corrected chi connectivity index (χ1v) is 34.9. The summed E-state index contributed by atoms with van der Waals surface area (Å²) in [5, 5.41) is 18.1. The van der Waals surface area contributed by atoms with Crippen molar-refractivity contribution in [2.24, 2.45) is 11.8 Å². The Hall–Kier alpha value is -8.04. The fourth-order valence-corrected chi connectivity index (χ4v) is 13.3. The summed E-state index contributed by atoms with van der Waals surface area (Å²) in [5.41, 5.74) is 2.27. The second kappa shape index (κ2) is 35.5. The molecule has 0 bridgehead atoms. The summed E-state index contributed by atoms with van der Waals surface area (Å²) in [6.45, 7) is 17.3. The van der Waals surface area contributed by atoms with Gasteiger partial charge in [-0.2, -0.15) is 0 Å². The van der Waals surface area contributed by atoms with Gasteiger partial charge in [-0.15, -0.1) is 0 Å². The van der Waals surface area contributed by atoms with Gasteiger partial charge in [-0.05, 0) is 101 Å². The van der Waals surface area contributed by atoms with E-state index >= 15 is 0 Å². The standard InChI is InChI=1S/2C36H51N5O6/c2*1-5-20-40-22-26(25-16-11-12-18-28(25)40)32(43)31-35(46)38-30(23(4)6-2)36(47)41-21-14-13-19-29(41)34(45)37-27(33(44)39-31)17-10-8-9-15-24(42)7-3/h2*11-12,16,18,22-23,27,29-31H,5-10,13-15,17,19-21H2,1-4H3,(H,37,45)(H,38,46)(H,39,44)/t23?,27-,29+,30-,31+;23?,27-,29+,30-,31-/m00/s1. The van der Waals surface area contributed by atoms with Crippen LogP contribution in [0, 0.1) is 11.8 Å². The van der Waals surface area contributed by atoms with E-state index in [0.717, 1.165) is 49.6 Å². The number of amides is 8. The summed E-state index contributed by atoms with van der Waals surface area (Å²) in [7, 11) is 0. The van der Waals surface area contributed by atoms with E-state index in [0.29, 0.717) is 138 Å². The number of para-hydroxylation sites is 2.